The lowest BCUT2D eigenvalue weighted by Gasteiger charge is -2.20. The number of nitrogens with one attached hydrogen (secondary N) is 1. The molecule has 1 aromatic heterocycles. The molecule has 0 saturated heterocycles. The van der Waals surface area contributed by atoms with Crippen molar-refractivity contribution in [2.45, 2.75) is 13.5 Å². The van der Waals surface area contributed by atoms with Gasteiger partial charge in [0.05, 0.1) is 12.3 Å². The van der Waals surface area contributed by atoms with E-state index in [1.54, 1.807) is 7.11 Å². The van der Waals surface area contributed by atoms with Crippen molar-refractivity contribution in [3.05, 3.63) is 71.9 Å². The van der Waals surface area contributed by atoms with E-state index in [1.807, 2.05) is 66.5 Å². The highest BCUT2D eigenvalue weighted by atomic mass is 35.5. The molecule has 0 amide bonds. The molecule has 136 valence electrons. The summed E-state index contributed by atoms with van der Waals surface area (Å²) in [4.78, 5) is 11.3. The molecule has 0 aliphatic heterocycles. The lowest BCUT2D eigenvalue weighted by atomic mass is 10.2. The Balaban J connectivity index is 0.00000243. The molecule has 0 spiro atoms. The second kappa shape index (κ2) is 9.17. The van der Waals surface area contributed by atoms with E-state index in [1.165, 1.54) is 0 Å². The Kier molecular flexibility index (Phi) is 6.95. The quantitative estimate of drug-likeness (QED) is 0.671. The summed E-state index contributed by atoms with van der Waals surface area (Å²) in [7, 11) is 3.66. The van der Waals surface area contributed by atoms with Gasteiger partial charge in [-0.1, -0.05) is 36.4 Å². The van der Waals surface area contributed by atoms with Crippen LogP contribution >= 0.6 is 12.4 Å². The van der Waals surface area contributed by atoms with Gasteiger partial charge in [-0.2, -0.15) is 4.98 Å². The van der Waals surface area contributed by atoms with Crippen LogP contribution in [0.25, 0.3) is 0 Å². The average molecular weight is 371 g/mol. The predicted octanol–water partition coefficient (Wildman–Crippen LogP) is 4.86. The van der Waals surface area contributed by atoms with Crippen LogP contribution in [0, 0.1) is 6.92 Å². The second-order valence-electron chi connectivity index (χ2n) is 5.81. The van der Waals surface area contributed by atoms with Gasteiger partial charge >= 0.3 is 0 Å². The maximum Gasteiger partial charge on any atom is 0.229 e. The minimum absolute atomic E-state index is 0. The molecule has 0 radical (unpaired) electrons. The zero-order valence-corrected chi connectivity index (χ0v) is 16.0. The van der Waals surface area contributed by atoms with Crippen LogP contribution in [0.5, 0.6) is 0 Å². The van der Waals surface area contributed by atoms with Crippen molar-refractivity contribution in [2.24, 2.45) is 0 Å². The van der Waals surface area contributed by atoms with Gasteiger partial charge in [-0.3, -0.25) is 0 Å². The van der Waals surface area contributed by atoms with Gasteiger partial charge in [0, 0.05) is 31.6 Å². The normalized spacial score (nSPS) is 10.1. The first kappa shape index (κ1) is 19.7. The Hall–Kier alpha value is -2.63. The van der Waals surface area contributed by atoms with Crippen molar-refractivity contribution >= 4 is 35.5 Å². The van der Waals surface area contributed by atoms with Crippen molar-refractivity contribution in [3.8, 4) is 0 Å². The summed E-state index contributed by atoms with van der Waals surface area (Å²) in [5.74, 6) is 1.37. The molecule has 0 saturated carbocycles. The van der Waals surface area contributed by atoms with E-state index in [2.05, 4.69) is 28.3 Å². The van der Waals surface area contributed by atoms with Crippen LogP contribution in [0.1, 0.15) is 11.3 Å². The Morgan fingerprint density at radius 2 is 1.69 bits per heavy atom. The van der Waals surface area contributed by atoms with Gasteiger partial charge in [0.15, 0.2) is 0 Å². The minimum Gasteiger partial charge on any atom is -0.378 e. The third-order valence-corrected chi connectivity index (χ3v) is 3.94. The zero-order valence-electron chi connectivity index (χ0n) is 15.1. The molecule has 0 atom stereocenters. The molecular weight excluding hydrogens is 348 g/mol. The molecule has 3 rings (SSSR count). The lowest BCUT2D eigenvalue weighted by Crippen LogP contribution is -2.14. The Morgan fingerprint density at radius 1 is 1.00 bits per heavy atom. The maximum atomic E-state index is 5.26. The van der Waals surface area contributed by atoms with Crippen LogP contribution < -0.4 is 10.2 Å². The van der Waals surface area contributed by atoms with Crippen LogP contribution in [-0.4, -0.2) is 24.1 Å². The summed E-state index contributed by atoms with van der Waals surface area (Å²) in [6, 6.07) is 20.1. The first-order valence-electron chi connectivity index (χ1n) is 8.15. The number of para-hydroxylation sites is 2. The van der Waals surface area contributed by atoms with Gasteiger partial charge in [0.1, 0.15) is 5.82 Å². The van der Waals surface area contributed by atoms with Crippen molar-refractivity contribution < 1.29 is 4.74 Å². The Labute approximate surface area is 160 Å². The molecule has 0 bridgehead atoms. The topological polar surface area (TPSA) is 50.3 Å². The van der Waals surface area contributed by atoms with Crippen LogP contribution in [0.2, 0.25) is 0 Å². The Bertz CT molecular complexity index is 842. The van der Waals surface area contributed by atoms with E-state index in [9.17, 15) is 0 Å². The van der Waals surface area contributed by atoms with Gasteiger partial charge < -0.3 is 15.0 Å². The fraction of sp³-hybridized carbons (Fsp3) is 0.200. The van der Waals surface area contributed by atoms with Gasteiger partial charge in [-0.15, -0.1) is 12.4 Å². The van der Waals surface area contributed by atoms with Gasteiger partial charge in [-0.25, -0.2) is 4.98 Å². The highest BCUT2D eigenvalue weighted by Crippen LogP contribution is 2.25. The number of aromatic nitrogens is 2. The number of rotatable bonds is 6. The second-order valence-corrected chi connectivity index (χ2v) is 5.81. The van der Waals surface area contributed by atoms with Crippen molar-refractivity contribution in [2.75, 3.05) is 24.4 Å². The van der Waals surface area contributed by atoms with Gasteiger partial charge in [-0.05, 0) is 30.7 Å². The third-order valence-electron chi connectivity index (χ3n) is 3.94. The molecule has 3 aromatic rings. The summed E-state index contributed by atoms with van der Waals surface area (Å²) < 4.78 is 5.26. The first-order valence-corrected chi connectivity index (χ1v) is 8.15. The van der Waals surface area contributed by atoms with Crippen LogP contribution in [0.4, 0.5) is 23.1 Å². The minimum atomic E-state index is 0. The molecule has 0 unspecified atom stereocenters. The molecule has 0 aliphatic rings. The monoisotopic (exact) mass is 370 g/mol. The number of nitrogens with zero attached hydrogens (tertiary/aromatic N) is 3. The van der Waals surface area contributed by atoms with Crippen LogP contribution in [0.15, 0.2) is 60.7 Å². The molecule has 6 heteroatoms. The van der Waals surface area contributed by atoms with Gasteiger partial charge in [0.25, 0.3) is 0 Å². The molecule has 5 nitrogen and oxygen atoms in total. The van der Waals surface area contributed by atoms with Crippen molar-refractivity contribution in [1.29, 1.82) is 0 Å². The van der Waals surface area contributed by atoms with Crippen LogP contribution in [-0.2, 0) is 11.3 Å². The number of aryl methyl sites for hydroxylation is 1. The summed E-state index contributed by atoms with van der Waals surface area (Å²) in [5.41, 5.74) is 4.02. The highest BCUT2D eigenvalue weighted by Gasteiger charge is 2.11. The fourth-order valence-electron chi connectivity index (χ4n) is 2.55. The Morgan fingerprint density at radius 3 is 2.38 bits per heavy atom. The SMILES string of the molecule is COCc1cc(N(C)c2ccccc2)nc(Nc2ccccc2C)n1.Cl. The third kappa shape index (κ3) is 4.71. The van der Waals surface area contributed by atoms with E-state index in [0.29, 0.717) is 12.6 Å². The number of hydrogen-bond donors (Lipinski definition) is 1. The standard InChI is InChI=1S/C20H22N4O.ClH/c1-15-9-7-8-12-18(15)22-20-21-16(14-25-3)13-19(23-20)24(2)17-10-5-4-6-11-17;/h4-13H,14H2,1-3H3,(H,21,22,23);1H. The maximum absolute atomic E-state index is 5.26. The number of methoxy groups -OCH3 is 1. The summed E-state index contributed by atoms with van der Waals surface area (Å²) in [6.07, 6.45) is 0. The van der Waals surface area contributed by atoms with Crippen molar-refractivity contribution in [3.63, 3.8) is 0 Å². The molecule has 0 aliphatic carbocycles. The number of hydrogen-bond acceptors (Lipinski definition) is 5. The predicted molar refractivity (Wildman–Crippen MR) is 109 cm³/mol. The number of ether oxygens (including phenoxy) is 1. The largest absolute Gasteiger partial charge is 0.378 e. The first-order chi connectivity index (χ1) is 12.2. The smallest absolute Gasteiger partial charge is 0.229 e. The average Bonchev–Trinajstić information content (AvgIpc) is 2.64. The number of anilines is 4. The van der Waals surface area contributed by atoms with E-state index in [0.717, 1.165) is 28.5 Å². The molecule has 1 heterocycles. The van der Waals surface area contributed by atoms with Gasteiger partial charge in [0.2, 0.25) is 5.95 Å². The lowest BCUT2D eigenvalue weighted by molar-refractivity contribution is 0.181. The highest BCUT2D eigenvalue weighted by molar-refractivity contribution is 5.85. The molecular formula is C20H23ClN4O. The van der Waals surface area contributed by atoms with E-state index >= 15 is 0 Å². The van der Waals surface area contributed by atoms with E-state index < -0.39 is 0 Å². The molecule has 0 fully saturated rings. The summed E-state index contributed by atoms with van der Waals surface area (Å²) in [6.45, 7) is 2.49. The summed E-state index contributed by atoms with van der Waals surface area (Å²) in [5, 5.41) is 3.31. The molecule has 26 heavy (non-hydrogen) atoms. The van der Waals surface area contributed by atoms with Crippen molar-refractivity contribution in [1.82, 2.24) is 9.97 Å². The van der Waals surface area contributed by atoms with Crippen LogP contribution in [0.3, 0.4) is 0 Å². The molecule has 2 aromatic carbocycles. The summed E-state index contributed by atoms with van der Waals surface area (Å²) >= 11 is 0. The number of benzene rings is 2. The van der Waals surface area contributed by atoms with E-state index in [-0.39, 0.29) is 12.4 Å². The number of halogens is 1. The molecule has 1 N–H and O–H groups in total. The van der Waals surface area contributed by atoms with E-state index in [4.69, 9.17) is 4.74 Å². The zero-order chi connectivity index (χ0) is 17.6. The fourth-order valence-corrected chi connectivity index (χ4v) is 2.55.